The quantitative estimate of drug-likeness (QED) is 0.424. The van der Waals surface area contributed by atoms with Crippen LogP contribution in [0.1, 0.15) is 19.4 Å². The van der Waals surface area contributed by atoms with E-state index >= 15 is 0 Å². The molecule has 0 radical (unpaired) electrons. The van der Waals surface area contributed by atoms with Crippen LogP contribution in [0.2, 0.25) is 5.02 Å². The third-order valence-corrected chi connectivity index (χ3v) is 8.34. The van der Waals surface area contributed by atoms with Crippen LogP contribution in [0, 0.1) is 5.82 Å². The van der Waals surface area contributed by atoms with Gasteiger partial charge in [0.05, 0.1) is 34.6 Å². The molecule has 0 unspecified atom stereocenters. The second kappa shape index (κ2) is 8.41. The predicted molar refractivity (Wildman–Crippen MR) is 124 cm³/mol. The maximum absolute atomic E-state index is 14.0. The van der Waals surface area contributed by atoms with Crippen LogP contribution < -0.4 is 15.2 Å². The van der Waals surface area contributed by atoms with E-state index in [0.29, 0.717) is 0 Å². The molecule has 0 atom stereocenters. The normalized spacial score (nSPS) is 12.2. The number of sulfone groups is 1. The molecule has 0 spiro atoms. The van der Waals surface area contributed by atoms with Crippen LogP contribution in [0.15, 0.2) is 52.4 Å². The first-order chi connectivity index (χ1) is 16.0. The molecule has 9 nitrogen and oxygen atoms in total. The third-order valence-electron chi connectivity index (χ3n) is 5.58. The van der Waals surface area contributed by atoms with E-state index in [1.807, 2.05) is 0 Å². The Morgan fingerprint density at radius 3 is 2.50 bits per heavy atom. The van der Waals surface area contributed by atoms with Crippen molar-refractivity contribution in [3.05, 3.63) is 69.6 Å². The van der Waals surface area contributed by atoms with Gasteiger partial charge in [-0.25, -0.2) is 27.2 Å². The highest BCUT2D eigenvalue weighted by atomic mass is 35.5. The summed E-state index contributed by atoms with van der Waals surface area (Å²) in [6.07, 6.45) is 1.21. The first-order valence-electron chi connectivity index (χ1n) is 9.91. The van der Waals surface area contributed by atoms with Crippen LogP contribution in [0.25, 0.3) is 16.9 Å². The Labute approximate surface area is 199 Å². The zero-order valence-electron chi connectivity index (χ0n) is 18.6. The number of ether oxygens (including phenoxy) is 2. The first-order valence-corrected chi connectivity index (χ1v) is 11.8. The van der Waals surface area contributed by atoms with Crippen molar-refractivity contribution in [2.45, 2.75) is 23.5 Å². The summed E-state index contributed by atoms with van der Waals surface area (Å²) in [5.41, 5.74) is -0.00481. The molecule has 1 N–H and O–H groups in total. The van der Waals surface area contributed by atoms with Gasteiger partial charge < -0.3 is 9.47 Å². The monoisotopic (exact) mass is 506 g/mol. The highest BCUT2D eigenvalue weighted by Crippen LogP contribution is 2.41. The van der Waals surface area contributed by atoms with Crippen molar-refractivity contribution in [1.29, 1.82) is 0 Å². The molecule has 178 valence electrons. The molecular weight excluding hydrogens is 487 g/mol. The van der Waals surface area contributed by atoms with Crippen LogP contribution in [-0.2, 0) is 14.6 Å². The molecule has 2 aromatic carbocycles. The van der Waals surface area contributed by atoms with Crippen molar-refractivity contribution in [3.63, 3.8) is 0 Å². The minimum Gasteiger partial charge on any atom is -0.496 e. The molecule has 0 saturated heterocycles. The van der Waals surface area contributed by atoms with Gasteiger partial charge in [-0.1, -0.05) is 11.6 Å². The largest absolute Gasteiger partial charge is 0.496 e. The second-order valence-electron chi connectivity index (χ2n) is 7.82. The fraction of sp³-hybridized carbons (Fsp3) is 0.227. The van der Waals surface area contributed by atoms with E-state index < -0.39 is 26.1 Å². The average Bonchev–Trinajstić information content (AvgIpc) is 3.14. The van der Waals surface area contributed by atoms with Gasteiger partial charge in [0.1, 0.15) is 23.4 Å². The van der Waals surface area contributed by atoms with E-state index in [9.17, 15) is 17.6 Å². The summed E-state index contributed by atoms with van der Waals surface area (Å²) in [5.74, 6) is -0.240. The van der Waals surface area contributed by atoms with E-state index in [-0.39, 0.29) is 44.0 Å². The summed E-state index contributed by atoms with van der Waals surface area (Å²) >= 11 is 6.37. The van der Waals surface area contributed by atoms with E-state index in [1.165, 1.54) is 64.7 Å². The average molecular weight is 507 g/mol. The molecule has 12 heteroatoms. The fourth-order valence-electron chi connectivity index (χ4n) is 3.70. The highest BCUT2D eigenvalue weighted by Gasteiger charge is 2.40. The summed E-state index contributed by atoms with van der Waals surface area (Å²) in [5, 5.41) is 0.112. The molecule has 0 aliphatic rings. The number of nitrogens with one attached hydrogen (secondary N) is 1. The Kier molecular flexibility index (Phi) is 5.86. The zero-order chi connectivity index (χ0) is 24.8. The number of hydrogen-bond acceptors (Lipinski definition) is 7. The van der Waals surface area contributed by atoms with Gasteiger partial charge in [0, 0.05) is 5.56 Å². The molecule has 4 rings (SSSR count). The van der Waals surface area contributed by atoms with Gasteiger partial charge in [-0.15, -0.1) is 0 Å². The van der Waals surface area contributed by atoms with Gasteiger partial charge in [-0.05, 0) is 50.2 Å². The lowest BCUT2D eigenvalue weighted by Crippen LogP contribution is -2.30. The number of hydrogen-bond donors (Lipinski definition) is 1. The molecule has 0 amide bonds. The number of rotatable bonds is 6. The Morgan fingerprint density at radius 1 is 1.09 bits per heavy atom. The number of H-pyrrole nitrogens is 1. The van der Waals surface area contributed by atoms with E-state index in [1.54, 1.807) is 0 Å². The number of nitrogens with zero attached hydrogens (tertiary/aromatic N) is 3. The van der Waals surface area contributed by atoms with Crippen LogP contribution in [0.3, 0.4) is 0 Å². The molecule has 0 fully saturated rings. The van der Waals surface area contributed by atoms with E-state index in [2.05, 4.69) is 15.0 Å². The Hall–Kier alpha value is -3.44. The molecule has 2 heterocycles. The second-order valence-corrected chi connectivity index (χ2v) is 10.7. The van der Waals surface area contributed by atoms with Crippen LogP contribution in [-0.4, -0.2) is 42.2 Å². The van der Waals surface area contributed by atoms with Gasteiger partial charge in [0.15, 0.2) is 15.5 Å². The molecule has 34 heavy (non-hydrogen) atoms. The summed E-state index contributed by atoms with van der Waals surface area (Å²) in [6.45, 7) is 2.90. The highest BCUT2D eigenvalue weighted by molar-refractivity contribution is 7.92. The molecule has 0 aliphatic carbocycles. The fourth-order valence-corrected chi connectivity index (χ4v) is 5.45. The van der Waals surface area contributed by atoms with Crippen LogP contribution in [0.4, 0.5) is 4.39 Å². The van der Waals surface area contributed by atoms with Gasteiger partial charge in [0.25, 0.3) is 0 Å². The first kappa shape index (κ1) is 23.7. The van der Waals surface area contributed by atoms with E-state index in [4.69, 9.17) is 21.1 Å². The lowest BCUT2D eigenvalue weighted by atomic mass is 10.0. The number of benzene rings is 2. The van der Waals surface area contributed by atoms with Crippen LogP contribution in [0.5, 0.6) is 11.6 Å². The maximum Gasteiger partial charge on any atom is 0.332 e. The van der Waals surface area contributed by atoms with E-state index in [0.717, 1.165) is 10.6 Å². The van der Waals surface area contributed by atoms with Gasteiger partial charge in [0.2, 0.25) is 5.88 Å². The molecule has 0 aliphatic heterocycles. The standard InChI is InChI=1S/C22H20ClFN4O5S/c1-22(2,14-9-12(24)5-8-17(14)32-3)34(30,31)13-6-7-15(23)16(10-13)28-19-18(27-21(28)29)20(33-4)26-11-25-19/h5-11H,1-4H3,(H,27,29). The Bertz CT molecular complexity index is 1580. The van der Waals surface area contributed by atoms with Crippen molar-refractivity contribution in [2.24, 2.45) is 0 Å². The van der Waals surface area contributed by atoms with Gasteiger partial charge in [-0.2, -0.15) is 4.98 Å². The lowest BCUT2D eigenvalue weighted by molar-refractivity contribution is 0.401. The minimum atomic E-state index is -4.14. The zero-order valence-corrected chi connectivity index (χ0v) is 20.2. The molecule has 0 bridgehead atoms. The van der Waals surface area contributed by atoms with Gasteiger partial charge >= 0.3 is 5.69 Å². The SMILES string of the molecule is COc1ccc(F)cc1C(C)(C)S(=O)(=O)c1ccc(Cl)c(-n2c(=O)[nH]c3c(OC)ncnc32)c1. The minimum absolute atomic E-state index is 0.0850. The number of halogens is 2. The summed E-state index contributed by atoms with van der Waals surface area (Å²) in [4.78, 5) is 23.3. The number of methoxy groups -OCH3 is 2. The lowest BCUT2D eigenvalue weighted by Gasteiger charge is -2.27. The van der Waals surface area contributed by atoms with Crippen molar-refractivity contribution in [1.82, 2.24) is 19.5 Å². The molecular formula is C22H20ClFN4O5S. The third kappa shape index (κ3) is 3.61. The molecule has 4 aromatic rings. The van der Waals surface area contributed by atoms with Crippen LogP contribution >= 0.6 is 11.6 Å². The number of aromatic nitrogens is 4. The topological polar surface area (TPSA) is 116 Å². The number of imidazole rings is 1. The van der Waals surface area contributed by atoms with Crippen molar-refractivity contribution in [2.75, 3.05) is 14.2 Å². The van der Waals surface area contributed by atoms with Crippen molar-refractivity contribution >= 4 is 32.6 Å². The Balaban J connectivity index is 1.93. The Morgan fingerprint density at radius 2 is 1.82 bits per heavy atom. The van der Waals surface area contributed by atoms with Gasteiger partial charge in [-0.3, -0.25) is 4.98 Å². The molecule has 0 saturated carbocycles. The number of aromatic amines is 1. The molecule has 2 aromatic heterocycles. The maximum atomic E-state index is 14.0. The predicted octanol–water partition coefficient (Wildman–Crippen LogP) is 3.63. The summed E-state index contributed by atoms with van der Waals surface area (Å²) < 4.78 is 51.5. The summed E-state index contributed by atoms with van der Waals surface area (Å²) in [7, 11) is -1.37. The summed E-state index contributed by atoms with van der Waals surface area (Å²) in [6, 6.07) is 7.64. The van der Waals surface area contributed by atoms with Crippen molar-refractivity contribution < 1.29 is 22.3 Å². The smallest absolute Gasteiger partial charge is 0.332 e. The van der Waals surface area contributed by atoms with Crippen molar-refractivity contribution in [3.8, 4) is 17.3 Å². The number of fused-ring (bicyclic) bond motifs is 1.